The molecular formula is C11H16BClN2O4S. The molecule has 6 nitrogen and oxygen atoms in total. The molecule has 0 saturated carbocycles. The number of primary sulfonamides is 1. The SMILES string of the molecule is CC1(C)OB(c2cnc(Cl)c(S(N)(=O)=O)c2)OC1(C)C. The van der Waals surface area contributed by atoms with Gasteiger partial charge in [-0.1, -0.05) is 11.6 Å². The van der Waals surface area contributed by atoms with E-state index in [2.05, 4.69) is 4.98 Å². The van der Waals surface area contributed by atoms with E-state index in [9.17, 15) is 8.42 Å². The zero-order valence-electron chi connectivity index (χ0n) is 11.7. The molecule has 0 aliphatic carbocycles. The van der Waals surface area contributed by atoms with E-state index < -0.39 is 28.3 Å². The standard InChI is InChI=1S/C11H16BClN2O4S/c1-10(2)11(3,4)19-12(18-10)7-5-8(20(14,16)17)9(13)15-6-7/h5-6H,1-4H3,(H2,14,16,17). The minimum Gasteiger partial charge on any atom is -0.399 e. The minimum absolute atomic E-state index is 0.173. The molecule has 0 unspecified atom stereocenters. The zero-order valence-corrected chi connectivity index (χ0v) is 13.2. The summed E-state index contributed by atoms with van der Waals surface area (Å²) in [7, 11) is -4.67. The summed E-state index contributed by atoms with van der Waals surface area (Å²) in [4.78, 5) is 3.59. The summed E-state index contributed by atoms with van der Waals surface area (Å²) in [6.07, 6.45) is 1.42. The van der Waals surface area contributed by atoms with Crippen LogP contribution < -0.4 is 10.6 Å². The van der Waals surface area contributed by atoms with Crippen molar-refractivity contribution in [3.05, 3.63) is 17.4 Å². The number of hydrogen-bond acceptors (Lipinski definition) is 5. The predicted octanol–water partition coefficient (Wildman–Crippen LogP) is 0.682. The van der Waals surface area contributed by atoms with Crippen LogP contribution in [-0.2, 0) is 19.3 Å². The third-order valence-corrected chi connectivity index (χ3v) is 5.00. The molecule has 2 heterocycles. The maximum absolute atomic E-state index is 11.4. The van der Waals surface area contributed by atoms with E-state index in [1.807, 2.05) is 27.7 Å². The fourth-order valence-electron chi connectivity index (χ4n) is 1.75. The average molecular weight is 319 g/mol. The Morgan fingerprint density at radius 2 is 1.75 bits per heavy atom. The third-order valence-electron chi connectivity index (χ3n) is 3.66. The Morgan fingerprint density at radius 1 is 1.25 bits per heavy atom. The molecule has 2 rings (SSSR count). The number of hydrogen-bond donors (Lipinski definition) is 1. The van der Waals surface area contributed by atoms with Gasteiger partial charge >= 0.3 is 7.12 Å². The summed E-state index contributed by atoms with van der Waals surface area (Å²) < 4.78 is 34.5. The van der Waals surface area contributed by atoms with Gasteiger partial charge in [-0.05, 0) is 33.8 Å². The van der Waals surface area contributed by atoms with Crippen LogP contribution in [-0.4, -0.2) is 31.7 Å². The Labute approximate surface area is 123 Å². The van der Waals surface area contributed by atoms with E-state index in [-0.39, 0.29) is 10.0 Å². The van der Waals surface area contributed by atoms with Gasteiger partial charge in [0.25, 0.3) is 0 Å². The number of nitrogens with two attached hydrogens (primary N) is 1. The van der Waals surface area contributed by atoms with Crippen molar-refractivity contribution >= 4 is 34.2 Å². The largest absolute Gasteiger partial charge is 0.496 e. The molecule has 1 aromatic rings. The lowest BCUT2D eigenvalue weighted by molar-refractivity contribution is 0.00578. The van der Waals surface area contributed by atoms with Crippen molar-refractivity contribution in [2.45, 2.75) is 43.8 Å². The van der Waals surface area contributed by atoms with Gasteiger partial charge in [0.05, 0.1) is 11.2 Å². The highest BCUT2D eigenvalue weighted by Crippen LogP contribution is 2.36. The van der Waals surface area contributed by atoms with Crippen molar-refractivity contribution in [1.29, 1.82) is 0 Å². The topological polar surface area (TPSA) is 91.5 Å². The summed E-state index contributed by atoms with van der Waals surface area (Å²) in [5, 5.41) is 4.92. The molecule has 1 aliphatic rings. The van der Waals surface area contributed by atoms with Crippen LogP contribution in [0.1, 0.15) is 27.7 Å². The van der Waals surface area contributed by atoms with Crippen LogP contribution in [0, 0.1) is 0 Å². The highest BCUT2D eigenvalue weighted by molar-refractivity contribution is 7.89. The van der Waals surface area contributed by atoms with Crippen LogP contribution in [0.2, 0.25) is 5.15 Å². The second-order valence-electron chi connectivity index (χ2n) is 5.69. The average Bonchev–Trinajstić information content (AvgIpc) is 2.47. The first-order valence-electron chi connectivity index (χ1n) is 5.98. The van der Waals surface area contributed by atoms with Gasteiger partial charge in [-0.3, -0.25) is 0 Å². The molecule has 1 saturated heterocycles. The summed E-state index contributed by atoms with van der Waals surface area (Å²) in [5.74, 6) is 0. The van der Waals surface area contributed by atoms with Gasteiger partial charge in [-0.2, -0.15) is 0 Å². The second kappa shape index (κ2) is 4.67. The number of aromatic nitrogens is 1. The van der Waals surface area contributed by atoms with Gasteiger partial charge in [0.15, 0.2) is 0 Å². The van der Waals surface area contributed by atoms with Crippen molar-refractivity contribution in [2.75, 3.05) is 0 Å². The molecule has 1 aliphatic heterocycles. The molecule has 1 aromatic heterocycles. The van der Waals surface area contributed by atoms with Crippen molar-refractivity contribution in [2.24, 2.45) is 5.14 Å². The Hall–Kier alpha value is -0.665. The molecule has 1 fully saturated rings. The van der Waals surface area contributed by atoms with Crippen LogP contribution in [0.15, 0.2) is 17.2 Å². The molecule has 0 aromatic carbocycles. The fourth-order valence-corrected chi connectivity index (χ4v) is 2.76. The van der Waals surface area contributed by atoms with E-state index in [4.69, 9.17) is 26.0 Å². The number of nitrogens with zero attached hydrogens (tertiary/aromatic N) is 1. The smallest absolute Gasteiger partial charge is 0.399 e. The number of rotatable bonds is 2. The molecule has 20 heavy (non-hydrogen) atoms. The zero-order chi connectivity index (χ0) is 15.3. The lowest BCUT2D eigenvalue weighted by Crippen LogP contribution is -2.41. The quantitative estimate of drug-likeness (QED) is 0.639. The van der Waals surface area contributed by atoms with Crippen LogP contribution in [0.5, 0.6) is 0 Å². The number of sulfonamides is 1. The molecule has 2 N–H and O–H groups in total. The molecule has 0 atom stereocenters. The lowest BCUT2D eigenvalue weighted by atomic mass is 9.80. The van der Waals surface area contributed by atoms with Crippen molar-refractivity contribution in [1.82, 2.24) is 4.98 Å². The molecule has 0 bridgehead atoms. The maximum Gasteiger partial charge on any atom is 0.496 e. The first-order valence-corrected chi connectivity index (χ1v) is 7.90. The Morgan fingerprint density at radius 3 is 2.20 bits per heavy atom. The summed E-state index contributed by atoms with van der Waals surface area (Å²) >= 11 is 5.75. The fraction of sp³-hybridized carbons (Fsp3) is 0.545. The highest BCUT2D eigenvalue weighted by Gasteiger charge is 2.52. The van der Waals surface area contributed by atoms with E-state index in [1.54, 1.807) is 0 Å². The molecule has 0 spiro atoms. The molecule has 9 heteroatoms. The summed E-state index contributed by atoms with van der Waals surface area (Å²) in [6.45, 7) is 7.60. The summed E-state index contributed by atoms with van der Waals surface area (Å²) in [5.41, 5.74) is -0.602. The molecule has 110 valence electrons. The van der Waals surface area contributed by atoms with Gasteiger partial charge in [0.1, 0.15) is 10.0 Å². The van der Waals surface area contributed by atoms with Gasteiger partial charge in [-0.15, -0.1) is 0 Å². The normalized spacial score (nSPS) is 21.2. The third kappa shape index (κ3) is 2.71. The van der Waals surface area contributed by atoms with Gasteiger partial charge in [0, 0.05) is 11.7 Å². The van der Waals surface area contributed by atoms with E-state index in [0.717, 1.165) is 0 Å². The van der Waals surface area contributed by atoms with Crippen molar-refractivity contribution in [3.63, 3.8) is 0 Å². The van der Waals surface area contributed by atoms with Crippen molar-refractivity contribution < 1.29 is 17.7 Å². The Kier molecular flexibility index (Phi) is 3.67. The molecule has 0 radical (unpaired) electrons. The second-order valence-corrected chi connectivity index (χ2v) is 7.58. The maximum atomic E-state index is 11.4. The Balaban J connectivity index is 2.42. The molecule has 0 amide bonds. The van der Waals surface area contributed by atoms with Gasteiger partial charge < -0.3 is 9.31 Å². The predicted molar refractivity (Wildman–Crippen MR) is 76.3 cm³/mol. The number of pyridine rings is 1. The Bertz CT molecular complexity index is 632. The van der Waals surface area contributed by atoms with Crippen LogP contribution in [0.25, 0.3) is 0 Å². The monoisotopic (exact) mass is 318 g/mol. The molecular weight excluding hydrogens is 302 g/mol. The van der Waals surface area contributed by atoms with Gasteiger partial charge in [-0.25, -0.2) is 18.5 Å². The van der Waals surface area contributed by atoms with Crippen LogP contribution >= 0.6 is 11.6 Å². The lowest BCUT2D eigenvalue weighted by Gasteiger charge is -2.32. The first-order chi connectivity index (χ1) is 8.94. The van der Waals surface area contributed by atoms with Crippen molar-refractivity contribution in [3.8, 4) is 0 Å². The summed E-state index contributed by atoms with van der Waals surface area (Å²) in [6, 6.07) is 1.33. The van der Waals surface area contributed by atoms with E-state index in [0.29, 0.717) is 5.46 Å². The van der Waals surface area contributed by atoms with Gasteiger partial charge in [0.2, 0.25) is 10.0 Å². The van der Waals surface area contributed by atoms with E-state index >= 15 is 0 Å². The van der Waals surface area contributed by atoms with Crippen LogP contribution in [0.3, 0.4) is 0 Å². The minimum atomic E-state index is -3.95. The number of halogens is 1. The first kappa shape index (κ1) is 15.7. The highest BCUT2D eigenvalue weighted by atomic mass is 35.5. The van der Waals surface area contributed by atoms with E-state index in [1.165, 1.54) is 12.3 Å². The van der Waals surface area contributed by atoms with Crippen LogP contribution in [0.4, 0.5) is 0 Å².